The first-order valence-electron chi connectivity index (χ1n) is 7.19. The molecule has 1 unspecified atom stereocenters. The molecule has 1 fully saturated rings. The molecule has 3 N–H and O–H groups in total. The zero-order valence-corrected chi connectivity index (χ0v) is 13.7. The van der Waals surface area contributed by atoms with Gasteiger partial charge in [0.05, 0.1) is 11.4 Å². The van der Waals surface area contributed by atoms with Crippen molar-refractivity contribution in [3.8, 4) is 0 Å². The predicted octanol–water partition coefficient (Wildman–Crippen LogP) is 0.843. The Hall–Kier alpha value is -1.38. The van der Waals surface area contributed by atoms with E-state index >= 15 is 0 Å². The molecule has 1 atom stereocenters. The zero-order chi connectivity index (χ0) is 15.5. The lowest BCUT2D eigenvalue weighted by Gasteiger charge is -2.11. The summed E-state index contributed by atoms with van der Waals surface area (Å²) in [5, 5.41) is 4.69. The number of nitrogens with one attached hydrogen (secondary N) is 1. The molecule has 0 aromatic carbocycles. The van der Waals surface area contributed by atoms with Crippen LogP contribution in [-0.2, 0) is 10.5 Å². The number of fused-ring (bicyclic) bond motifs is 1. The van der Waals surface area contributed by atoms with Crippen molar-refractivity contribution in [2.24, 2.45) is 11.7 Å². The molecule has 1 amide bonds. The Morgan fingerprint density at radius 3 is 3.18 bits per heavy atom. The van der Waals surface area contributed by atoms with Crippen molar-refractivity contribution in [2.75, 3.05) is 12.3 Å². The van der Waals surface area contributed by atoms with Crippen LogP contribution in [0.1, 0.15) is 18.5 Å². The van der Waals surface area contributed by atoms with E-state index in [0.29, 0.717) is 34.6 Å². The Balaban J connectivity index is 1.45. The van der Waals surface area contributed by atoms with Crippen LogP contribution in [0.4, 0.5) is 0 Å². The summed E-state index contributed by atoms with van der Waals surface area (Å²) >= 11 is 2.88. The molecule has 0 bridgehead atoms. The summed E-state index contributed by atoms with van der Waals surface area (Å²) in [5.74, 6) is 1.46. The molecule has 22 heavy (non-hydrogen) atoms. The Labute approximate surface area is 136 Å². The summed E-state index contributed by atoms with van der Waals surface area (Å²) in [6.45, 7) is 0.546. The lowest BCUT2D eigenvalue weighted by atomic mass is 10.2. The Morgan fingerprint density at radius 2 is 2.41 bits per heavy atom. The molecule has 1 saturated carbocycles. The lowest BCUT2D eigenvalue weighted by Crippen LogP contribution is -2.39. The van der Waals surface area contributed by atoms with E-state index in [4.69, 9.17) is 5.73 Å². The molecule has 0 saturated heterocycles. The van der Waals surface area contributed by atoms with E-state index in [1.807, 2.05) is 5.38 Å². The van der Waals surface area contributed by atoms with Crippen molar-refractivity contribution in [1.29, 1.82) is 0 Å². The van der Waals surface area contributed by atoms with Gasteiger partial charge >= 0.3 is 0 Å². The molecule has 0 radical (unpaired) electrons. The van der Waals surface area contributed by atoms with Gasteiger partial charge in [0.15, 0.2) is 4.96 Å². The number of carbonyl (C=O) groups is 1. The van der Waals surface area contributed by atoms with E-state index < -0.39 is 0 Å². The number of nitrogens with two attached hydrogens (primary N) is 1. The van der Waals surface area contributed by atoms with Crippen LogP contribution in [0.5, 0.6) is 0 Å². The second kappa shape index (κ2) is 6.80. The highest BCUT2D eigenvalue weighted by Crippen LogP contribution is 2.31. The predicted molar refractivity (Wildman–Crippen MR) is 89.2 cm³/mol. The average Bonchev–Trinajstić information content (AvgIpc) is 3.23. The molecule has 0 spiro atoms. The molecular formula is C14H18N4O2S2. The van der Waals surface area contributed by atoms with Gasteiger partial charge < -0.3 is 11.1 Å². The van der Waals surface area contributed by atoms with Crippen LogP contribution in [-0.4, -0.2) is 33.6 Å². The van der Waals surface area contributed by atoms with E-state index in [1.165, 1.54) is 46.4 Å². The largest absolute Gasteiger partial charge is 0.354 e. The molecule has 6 nitrogen and oxygen atoms in total. The number of nitrogens with zero attached hydrogens (tertiary/aromatic N) is 2. The van der Waals surface area contributed by atoms with Crippen LogP contribution >= 0.6 is 23.1 Å². The standard InChI is InChI=1S/C14H18N4O2S2/c15-11(9-1-2-9)6-16-12(19)8-21-7-10-5-13(20)18-3-4-22-14(18)17-10/h3-5,9,11H,1-2,6-8,15H2,(H,16,19). The van der Waals surface area contributed by atoms with Crippen molar-refractivity contribution in [3.05, 3.63) is 33.7 Å². The molecule has 2 aromatic rings. The molecule has 0 aliphatic heterocycles. The van der Waals surface area contributed by atoms with Gasteiger partial charge in [-0.05, 0) is 18.8 Å². The fourth-order valence-electron chi connectivity index (χ4n) is 2.18. The number of carbonyl (C=O) groups excluding carboxylic acids is 1. The van der Waals surface area contributed by atoms with E-state index in [9.17, 15) is 9.59 Å². The van der Waals surface area contributed by atoms with Gasteiger partial charge in [0.25, 0.3) is 5.56 Å². The maximum atomic E-state index is 11.8. The zero-order valence-electron chi connectivity index (χ0n) is 12.0. The molecular weight excluding hydrogens is 320 g/mol. The minimum atomic E-state index is -0.0818. The summed E-state index contributed by atoms with van der Waals surface area (Å²) in [6.07, 6.45) is 4.07. The van der Waals surface area contributed by atoms with Gasteiger partial charge in [-0.15, -0.1) is 23.1 Å². The summed E-state index contributed by atoms with van der Waals surface area (Å²) in [4.78, 5) is 28.7. The Morgan fingerprint density at radius 1 is 1.59 bits per heavy atom. The fourth-order valence-corrected chi connectivity index (χ4v) is 3.67. The normalized spacial score (nSPS) is 15.9. The SMILES string of the molecule is NC(CNC(=O)CSCc1cc(=O)n2ccsc2n1)C1CC1. The van der Waals surface area contributed by atoms with Crippen molar-refractivity contribution >= 4 is 34.0 Å². The van der Waals surface area contributed by atoms with Gasteiger partial charge in [-0.2, -0.15) is 0 Å². The summed E-state index contributed by atoms with van der Waals surface area (Å²) in [5.41, 5.74) is 6.57. The molecule has 1 aliphatic carbocycles. The molecule has 3 rings (SSSR count). The van der Waals surface area contributed by atoms with E-state index in [2.05, 4.69) is 10.3 Å². The van der Waals surface area contributed by atoms with Crippen molar-refractivity contribution in [2.45, 2.75) is 24.6 Å². The average molecular weight is 338 g/mol. The quantitative estimate of drug-likeness (QED) is 0.781. The minimum absolute atomic E-state index is 0.0185. The van der Waals surface area contributed by atoms with E-state index in [0.717, 1.165) is 0 Å². The Kier molecular flexibility index (Phi) is 4.80. The number of hydrogen-bond acceptors (Lipinski definition) is 6. The van der Waals surface area contributed by atoms with Crippen LogP contribution in [0.3, 0.4) is 0 Å². The van der Waals surface area contributed by atoms with Crippen molar-refractivity contribution in [3.63, 3.8) is 0 Å². The van der Waals surface area contributed by atoms with Gasteiger partial charge in [-0.25, -0.2) is 4.98 Å². The summed E-state index contributed by atoms with van der Waals surface area (Å²) in [6, 6.07) is 1.60. The van der Waals surface area contributed by atoms with Gasteiger partial charge in [-0.1, -0.05) is 0 Å². The monoisotopic (exact) mass is 338 g/mol. The number of rotatable bonds is 7. The van der Waals surface area contributed by atoms with Crippen molar-refractivity contribution < 1.29 is 4.79 Å². The first kappa shape index (κ1) is 15.5. The summed E-state index contributed by atoms with van der Waals surface area (Å²) in [7, 11) is 0. The van der Waals surface area contributed by atoms with Crippen LogP contribution in [0, 0.1) is 5.92 Å². The third-order valence-corrected chi connectivity index (χ3v) is 5.32. The van der Waals surface area contributed by atoms with Crippen LogP contribution in [0.25, 0.3) is 4.96 Å². The number of thioether (sulfide) groups is 1. The van der Waals surface area contributed by atoms with E-state index in [-0.39, 0.29) is 17.5 Å². The second-order valence-corrected chi connectivity index (χ2v) is 7.30. The smallest absolute Gasteiger partial charge is 0.258 e. The highest BCUT2D eigenvalue weighted by atomic mass is 32.2. The maximum Gasteiger partial charge on any atom is 0.258 e. The van der Waals surface area contributed by atoms with Crippen LogP contribution < -0.4 is 16.6 Å². The van der Waals surface area contributed by atoms with Gasteiger partial charge in [0, 0.05) is 36.0 Å². The molecule has 1 aliphatic rings. The summed E-state index contributed by atoms with van der Waals surface area (Å²) < 4.78 is 1.52. The van der Waals surface area contributed by atoms with Gasteiger partial charge in [0.2, 0.25) is 5.91 Å². The van der Waals surface area contributed by atoms with Gasteiger partial charge in [0.1, 0.15) is 0 Å². The maximum absolute atomic E-state index is 11.8. The number of aromatic nitrogens is 2. The first-order valence-corrected chi connectivity index (χ1v) is 9.23. The highest BCUT2D eigenvalue weighted by Gasteiger charge is 2.28. The fraction of sp³-hybridized carbons (Fsp3) is 0.500. The number of amides is 1. The third kappa shape index (κ3) is 3.88. The highest BCUT2D eigenvalue weighted by molar-refractivity contribution is 7.99. The number of hydrogen-bond donors (Lipinski definition) is 2. The van der Waals surface area contributed by atoms with Crippen LogP contribution in [0.2, 0.25) is 0 Å². The topological polar surface area (TPSA) is 89.5 Å². The Bertz CT molecular complexity index is 723. The third-order valence-electron chi connectivity index (χ3n) is 3.60. The number of thiazole rings is 1. The second-order valence-electron chi connectivity index (χ2n) is 5.44. The first-order chi connectivity index (χ1) is 10.6. The van der Waals surface area contributed by atoms with Gasteiger partial charge in [-0.3, -0.25) is 14.0 Å². The van der Waals surface area contributed by atoms with E-state index in [1.54, 1.807) is 6.20 Å². The minimum Gasteiger partial charge on any atom is -0.354 e. The molecule has 8 heteroatoms. The molecule has 2 heterocycles. The van der Waals surface area contributed by atoms with Crippen molar-refractivity contribution in [1.82, 2.24) is 14.7 Å². The van der Waals surface area contributed by atoms with Crippen LogP contribution in [0.15, 0.2) is 22.4 Å². The lowest BCUT2D eigenvalue weighted by molar-refractivity contribution is -0.118. The molecule has 118 valence electrons. The molecule has 2 aromatic heterocycles.